The van der Waals surface area contributed by atoms with Gasteiger partial charge >= 0.3 is 0 Å². The second-order valence-corrected chi connectivity index (χ2v) is 5.63. The molecule has 1 aromatic heterocycles. The lowest BCUT2D eigenvalue weighted by molar-refractivity contribution is 0.533. The Balaban J connectivity index is 2.23. The average molecular weight is 294 g/mol. The second kappa shape index (κ2) is 6.81. The molecule has 0 bridgehead atoms. The number of rotatable bonds is 5. The van der Waals surface area contributed by atoms with Crippen molar-refractivity contribution >= 4 is 11.8 Å². The summed E-state index contributed by atoms with van der Waals surface area (Å²) < 4.78 is 28.1. The normalized spacial score (nSPS) is 12.4. The Kier molecular flexibility index (Phi) is 5.09. The zero-order valence-corrected chi connectivity index (χ0v) is 12.0. The van der Waals surface area contributed by atoms with E-state index in [0.717, 1.165) is 23.1 Å². The van der Waals surface area contributed by atoms with Crippen LogP contribution < -0.4 is 5.73 Å². The van der Waals surface area contributed by atoms with Crippen LogP contribution in [0, 0.1) is 11.6 Å². The van der Waals surface area contributed by atoms with Gasteiger partial charge in [-0.2, -0.15) is 0 Å². The van der Waals surface area contributed by atoms with Crippen LogP contribution in [0.4, 0.5) is 8.78 Å². The van der Waals surface area contributed by atoms with E-state index in [-0.39, 0.29) is 10.9 Å². The topological polar surface area (TPSA) is 38.9 Å². The van der Waals surface area contributed by atoms with Gasteiger partial charge in [-0.25, -0.2) is 8.78 Å². The van der Waals surface area contributed by atoms with E-state index in [1.165, 1.54) is 12.1 Å². The Bertz CT molecular complexity index is 552. The van der Waals surface area contributed by atoms with Crippen molar-refractivity contribution in [2.75, 3.05) is 0 Å². The Labute approximate surface area is 121 Å². The van der Waals surface area contributed by atoms with Gasteiger partial charge in [-0.1, -0.05) is 18.7 Å². The summed E-state index contributed by atoms with van der Waals surface area (Å²) in [6, 6.07) is 6.08. The predicted octanol–water partition coefficient (Wildman–Crippen LogP) is 3.79. The van der Waals surface area contributed by atoms with Gasteiger partial charge in [-0.3, -0.25) is 4.98 Å². The van der Waals surface area contributed by atoms with Gasteiger partial charge in [0, 0.05) is 23.3 Å². The van der Waals surface area contributed by atoms with Gasteiger partial charge in [0.25, 0.3) is 0 Å². The maximum absolute atomic E-state index is 14.0. The third-order valence-corrected chi connectivity index (χ3v) is 4.05. The maximum Gasteiger partial charge on any atom is 0.140 e. The molecular formula is C15H16F2N2S. The molecule has 0 radical (unpaired) electrons. The van der Waals surface area contributed by atoms with Gasteiger partial charge in [0.2, 0.25) is 0 Å². The molecule has 1 atom stereocenters. The van der Waals surface area contributed by atoms with Crippen molar-refractivity contribution in [2.45, 2.75) is 35.6 Å². The van der Waals surface area contributed by atoms with Crippen molar-refractivity contribution in [3.05, 3.63) is 53.9 Å². The summed E-state index contributed by atoms with van der Waals surface area (Å²) >= 11 is 1.05. The second-order valence-electron chi connectivity index (χ2n) is 4.55. The number of nitrogens with two attached hydrogens (primary N) is 1. The number of aromatic nitrogens is 1. The minimum absolute atomic E-state index is 0.00465. The average Bonchev–Trinajstić information content (AvgIpc) is 2.44. The van der Waals surface area contributed by atoms with E-state index in [9.17, 15) is 8.78 Å². The lowest BCUT2D eigenvalue weighted by Crippen LogP contribution is -2.21. The zero-order valence-electron chi connectivity index (χ0n) is 11.1. The van der Waals surface area contributed by atoms with E-state index >= 15 is 0 Å². The molecule has 0 saturated heterocycles. The first-order valence-electron chi connectivity index (χ1n) is 6.41. The smallest absolute Gasteiger partial charge is 0.140 e. The number of benzene rings is 1. The van der Waals surface area contributed by atoms with Crippen LogP contribution in [0.1, 0.15) is 18.9 Å². The van der Waals surface area contributed by atoms with E-state index in [2.05, 4.69) is 4.98 Å². The summed E-state index contributed by atoms with van der Waals surface area (Å²) in [5.41, 5.74) is 6.40. The Morgan fingerprint density at radius 3 is 2.35 bits per heavy atom. The van der Waals surface area contributed by atoms with Crippen molar-refractivity contribution in [3.8, 4) is 0 Å². The molecule has 2 rings (SSSR count). The lowest BCUT2D eigenvalue weighted by atomic mass is 10.0. The molecule has 5 heteroatoms. The van der Waals surface area contributed by atoms with Crippen LogP contribution >= 0.6 is 11.8 Å². The van der Waals surface area contributed by atoms with Crippen molar-refractivity contribution in [1.82, 2.24) is 4.98 Å². The van der Waals surface area contributed by atoms with Crippen LogP contribution in [0.2, 0.25) is 0 Å². The fourth-order valence-electron chi connectivity index (χ4n) is 1.80. The quantitative estimate of drug-likeness (QED) is 0.912. The molecule has 0 amide bonds. The highest BCUT2D eigenvalue weighted by molar-refractivity contribution is 7.99. The summed E-state index contributed by atoms with van der Waals surface area (Å²) in [5.74, 6) is -1.10. The highest BCUT2D eigenvalue weighted by Crippen LogP contribution is 2.32. The maximum atomic E-state index is 14.0. The molecule has 0 spiro atoms. The van der Waals surface area contributed by atoms with Gasteiger partial charge < -0.3 is 5.73 Å². The number of hydrogen-bond acceptors (Lipinski definition) is 3. The molecule has 1 heterocycles. The van der Waals surface area contributed by atoms with E-state index in [1.54, 1.807) is 24.5 Å². The van der Waals surface area contributed by atoms with E-state index in [4.69, 9.17) is 5.73 Å². The van der Waals surface area contributed by atoms with E-state index in [0.29, 0.717) is 12.0 Å². The highest BCUT2D eigenvalue weighted by atomic mass is 32.2. The highest BCUT2D eigenvalue weighted by Gasteiger charge is 2.14. The first kappa shape index (κ1) is 14.9. The van der Waals surface area contributed by atoms with Crippen LogP contribution in [0.15, 0.2) is 46.5 Å². The van der Waals surface area contributed by atoms with Crippen LogP contribution in [0.5, 0.6) is 0 Å². The molecule has 2 N–H and O–H groups in total. The minimum Gasteiger partial charge on any atom is -0.327 e. The van der Waals surface area contributed by atoms with Crippen molar-refractivity contribution < 1.29 is 8.78 Å². The number of nitrogens with zero attached hydrogens (tertiary/aromatic N) is 1. The van der Waals surface area contributed by atoms with Crippen LogP contribution in [0.3, 0.4) is 0 Å². The fraction of sp³-hybridized carbons (Fsp3) is 0.267. The molecule has 2 nitrogen and oxygen atoms in total. The van der Waals surface area contributed by atoms with Crippen LogP contribution in [0.25, 0.3) is 0 Å². The molecule has 0 aliphatic rings. The van der Waals surface area contributed by atoms with Gasteiger partial charge in [0.1, 0.15) is 11.6 Å². The molecule has 0 aliphatic heterocycles. The molecule has 106 valence electrons. The Hall–Kier alpha value is -1.46. The SMILES string of the molecule is CCC(N)Cc1cc(F)c(Sc2ccncc2)c(F)c1. The molecule has 0 fully saturated rings. The minimum atomic E-state index is -0.551. The largest absolute Gasteiger partial charge is 0.327 e. The van der Waals surface area contributed by atoms with Crippen LogP contribution in [-0.4, -0.2) is 11.0 Å². The summed E-state index contributed by atoms with van der Waals surface area (Å²) in [4.78, 5) is 4.62. The van der Waals surface area contributed by atoms with E-state index < -0.39 is 11.6 Å². The lowest BCUT2D eigenvalue weighted by Gasteiger charge is -2.11. The van der Waals surface area contributed by atoms with Crippen LogP contribution in [-0.2, 0) is 6.42 Å². The number of hydrogen-bond donors (Lipinski definition) is 1. The molecule has 1 aromatic carbocycles. The van der Waals surface area contributed by atoms with Crippen molar-refractivity contribution in [3.63, 3.8) is 0 Å². The fourth-order valence-corrected chi connectivity index (χ4v) is 2.61. The van der Waals surface area contributed by atoms with Gasteiger partial charge in [0.15, 0.2) is 0 Å². The molecule has 2 aromatic rings. The Morgan fingerprint density at radius 2 is 1.80 bits per heavy atom. The van der Waals surface area contributed by atoms with Gasteiger partial charge in [-0.15, -0.1) is 0 Å². The Morgan fingerprint density at radius 1 is 1.20 bits per heavy atom. The monoisotopic (exact) mass is 294 g/mol. The third kappa shape index (κ3) is 3.77. The van der Waals surface area contributed by atoms with Crippen molar-refractivity contribution in [1.29, 1.82) is 0 Å². The summed E-state index contributed by atoms with van der Waals surface area (Å²) in [6.45, 7) is 1.95. The first-order valence-corrected chi connectivity index (χ1v) is 7.23. The summed E-state index contributed by atoms with van der Waals surface area (Å²) in [5, 5.41) is 0. The van der Waals surface area contributed by atoms with E-state index in [1.807, 2.05) is 6.92 Å². The molecule has 1 unspecified atom stereocenters. The predicted molar refractivity (Wildman–Crippen MR) is 76.7 cm³/mol. The van der Waals surface area contributed by atoms with Gasteiger partial charge in [0.05, 0.1) is 4.90 Å². The van der Waals surface area contributed by atoms with Crippen molar-refractivity contribution in [2.24, 2.45) is 5.73 Å². The number of halogens is 2. The molecule has 20 heavy (non-hydrogen) atoms. The zero-order chi connectivity index (χ0) is 14.5. The first-order chi connectivity index (χ1) is 9.60. The third-order valence-electron chi connectivity index (χ3n) is 2.95. The molecule has 0 aliphatic carbocycles. The molecular weight excluding hydrogens is 278 g/mol. The van der Waals surface area contributed by atoms with Gasteiger partial charge in [-0.05, 0) is 42.7 Å². The summed E-state index contributed by atoms with van der Waals surface area (Å²) in [7, 11) is 0. The molecule has 0 saturated carbocycles. The number of pyridine rings is 1. The standard InChI is InChI=1S/C15H16F2N2S/c1-2-11(18)7-10-8-13(16)15(14(17)9-10)20-12-3-5-19-6-4-12/h3-6,8-9,11H,2,7,18H2,1H3. The summed E-state index contributed by atoms with van der Waals surface area (Å²) in [6.07, 6.45) is 4.43.